The Morgan fingerprint density at radius 1 is 1.45 bits per heavy atom. The first-order valence-electron chi connectivity index (χ1n) is 5.58. The minimum Gasteiger partial charge on any atom is -0.322 e. The van der Waals surface area contributed by atoms with E-state index in [4.69, 9.17) is 28.9 Å². The van der Waals surface area contributed by atoms with E-state index < -0.39 is 17.8 Å². The van der Waals surface area contributed by atoms with Crippen molar-refractivity contribution in [3.63, 3.8) is 0 Å². The number of anilines is 1. The lowest BCUT2D eigenvalue weighted by atomic mass is 10.1. The van der Waals surface area contributed by atoms with Gasteiger partial charge in [-0.1, -0.05) is 23.2 Å². The standard InChI is InChI=1S/C12H11Cl2FN4O/c1-19-5-6(4-17-19)10(16)12(20)18-11-8(13)2-7(15)3-9(11)14/h2-5,10H,16H2,1H3,(H,18,20). The number of aryl methyl sites for hydroxylation is 1. The number of rotatable bonds is 3. The average Bonchev–Trinajstić information content (AvgIpc) is 2.79. The minimum absolute atomic E-state index is 0.00161. The molecule has 0 saturated carbocycles. The molecule has 0 aliphatic carbocycles. The summed E-state index contributed by atoms with van der Waals surface area (Å²) in [4.78, 5) is 12.0. The highest BCUT2D eigenvalue weighted by atomic mass is 35.5. The smallest absolute Gasteiger partial charge is 0.246 e. The minimum atomic E-state index is -0.930. The third kappa shape index (κ3) is 3.09. The second kappa shape index (κ2) is 5.78. The van der Waals surface area contributed by atoms with Gasteiger partial charge in [0, 0.05) is 18.8 Å². The molecular weight excluding hydrogens is 306 g/mol. The fourth-order valence-electron chi connectivity index (χ4n) is 1.61. The van der Waals surface area contributed by atoms with Crippen LogP contribution in [-0.2, 0) is 11.8 Å². The van der Waals surface area contributed by atoms with Gasteiger partial charge in [0.05, 0.1) is 21.9 Å². The molecule has 8 heteroatoms. The number of benzene rings is 1. The highest BCUT2D eigenvalue weighted by Gasteiger charge is 2.20. The van der Waals surface area contributed by atoms with Crippen molar-refractivity contribution in [3.05, 3.63) is 46.0 Å². The molecule has 0 spiro atoms. The van der Waals surface area contributed by atoms with Crippen molar-refractivity contribution in [1.29, 1.82) is 0 Å². The second-order valence-corrected chi connectivity index (χ2v) is 4.97. The molecule has 0 fully saturated rings. The van der Waals surface area contributed by atoms with E-state index in [9.17, 15) is 9.18 Å². The summed E-state index contributed by atoms with van der Waals surface area (Å²) in [5.41, 5.74) is 6.47. The van der Waals surface area contributed by atoms with Gasteiger partial charge < -0.3 is 11.1 Å². The van der Waals surface area contributed by atoms with Crippen LogP contribution in [0.1, 0.15) is 11.6 Å². The molecule has 0 bridgehead atoms. The number of hydrogen-bond donors (Lipinski definition) is 2. The van der Waals surface area contributed by atoms with Gasteiger partial charge in [0.15, 0.2) is 0 Å². The molecule has 0 radical (unpaired) electrons. The summed E-state index contributed by atoms with van der Waals surface area (Å²) < 4.78 is 14.6. The van der Waals surface area contributed by atoms with Crippen LogP contribution >= 0.6 is 23.2 Å². The number of hydrogen-bond acceptors (Lipinski definition) is 3. The maximum absolute atomic E-state index is 13.1. The van der Waals surface area contributed by atoms with Gasteiger partial charge in [-0.2, -0.15) is 5.10 Å². The molecule has 3 N–H and O–H groups in total. The van der Waals surface area contributed by atoms with E-state index in [1.807, 2.05) is 0 Å². The van der Waals surface area contributed by atoms with Crippen LogP contribution in [0, 0.1) is 5.82 Å². The van der Waals surface area contributed by atoms with E-state index in [0.717, 1.165) is 12.1 Å². The molecule has 5 nitrogen and oxygen atoms in total. The number of nitrogens with two attached hydrogens (primary N) is 1. The van der Waals surface area contributed by atoms with Crippen LogP contribution in [0.2, 0.25) is 10.0 Å². The zero-order valence-corrected chi connectivity index (χ0v) is 11.9. The van der Waals surface area contributed by atoms with Crippen LogP contribution in [0.25, 0.3) is 0 Å². The topological polar surface area (TPSA) is 72.9 Å². The van der Waals surface area contributed by atoms with E-state index >= 15 is 0 Å². The first-order chi connectivity index (χ1) is 9.38. The van der Waals surface area contributed by atoms with Gasteiger partial charge in [0.1, 0.15) is 11.9 Å². The zero-order valence-electron chi connectivity index (χ0n) is 10.4. The number of amides is 1. The lowest BCUT2D eigenvalue weighted by molar-refractivity contribution is -0.117. The maximum atomic E-state index is 13.1. The summed E-state index contributed by atoms with van der Waals surface area (Å²) in [5.74, 6) is -1.11. The van der Waals surface area contributed by atoms with Gasteiger partial charge in [-0.3, -0.25) is 9.48 Å². The van der Waals surface area contributed by atoms with Crippen LogP contribution in [0.3, 0.4) is 0 Å². The summed E-state index contributed by atoms with van der Waals surface area (Å²) in [6.45, 7) is 0. The molecule has 1 aromatic heterocycles. The van der Waals surface area contributed by atoms with Crippen molar-refractivity contribution < 1.29 is 9.18 Å². The monoisotopic (exact) mass is 316 g/mol. The van der Waals surface area contributed by atoms with Crippen molar-refractivity contribution >= 4 is 34.8 Å². The lowest BCUT2D eigenvalue weighted by Crippen LogP contribution is -2.27. The normalized spacial score (nSPS) is 12.2. The fraction of sp³-hybridized carbons (Fsp3) is 0.167. The molecular formula is C12H11Cl2FN4O. The number of carbonyl (C=O) groups excluding carboxylic acids is 1. The van der Waals surface area contributed by atoms with Gasteiger partial charge >= 0.3 is 0 Å². The van der Waals surface area contributed by atoms with Gasteiger partial charge in [-0.05, 0) is 12.1 Å². The van der Waals surface area contributed by atoms with E-state index in [1.54, 1.807) is 13.2 Å². The Morgan fingerprint density at radius 2 is 2.05 bits per heavy atom. The predicted octanol–water partition coefficient (Wildman–Crippen LogP) is 2.50. The van der Waals surface area contributed by atoms with E-state index in [1.165, 1.54) is 10.9 Å². The highest BCUT2D eigenvalue weighted by Crippen LogP contribution is 2.31. The highest BCUT2D eigenvalue weighted by molar-refractivity contribution is 6.39. The van der Waals surface area contributed by atoms with Gasteiger partial charge in [0.25, 0.3) is 0 Å². The molecule has 106 valence electrons. The number of aromatic nitrogens is 2. The second-order valence-electron chi connectivity index (χ2n) is 4.16. The Kier molecular flexibility index (Phi) is 4.27. The van der Waals surface area contributed by atoms with E-state index in [2.05, 4.69) is 10.4 Å². The van der Waals surface area contributed by atoms with Crippen LogP contribution in [0.15, 0.2) is 24.5 Å². The summed E-state index contributed by atoms with van der Waals surface area (Å²) in [6.07, 6.45) is 3.11. The van der Waals surface area contributed by atoms with Crippen LogP contribution in [-0.4, -0.2) is 15.7 Å². The summed E-state index contributed by atoms with van der Waals surface area (Å²) in [7, 11) is 1.71. The van der Waals surface area contributed by atoms with Crippen molar-refractivity contribution in [1.82, 2.24) is 9.78 Å². The molecule has 1 amide bonds. The molecule has 1 heterocycles. The van der Waals surface area contributed by atoms with Crippen molar-refractivity contribution in [3.8, 4) is 0 Å². The summed E-state index contributed by atoms with van der Waals surface area (Å²) in [6, 6.07) is 1.18. The maximum Gasteiger partial charge on any atom is 0.246 e. The third-order valence-electron chi connectivity index (χ3n) is 2.62. The Labute approximate surface area is 124 Å². The van der Waals surface area contributed by atoms with Crippen molar-refractivity contribution in [2.75, 3.05) is 5.32 Å². The molecule has 2 aromatic rings. The van der Waals surface area contributed by atoms with Gasteiger partial charge in [-0.15, -0.1) is 0 Å². The Hall–Kier alpha value is -1.63. The predicted molar refractivity (Wildman–Crippen MR) is 75.2 cm³/mol. The van der Waals surface area contributed by atoms with E-state index in [-0.39, 0.29) is 15.7 Å². The molecule has 1 aromatic carbocycles. The first-order valence-corrected chi connectivity index (χ1v) is 6.33. The molecule has 0 saturated heterocycles. The Balaban J connectivity index is 2.20. The van der Waals surface area contributed by atoms with Gasteiger partial charge in [0.2, 0.25) is 5.91 Å². The lowest BCUT2D eigenvalue weighted by Gasteiger charge is -2.13. The zero-order chi connectivity index (χ0) is 14.9. The molecule has 0 aliphatic heterocycles. The average molecular weight is 317 g/mol. The fourth-order valence-corrected chi connectivity index (χ4v) is 2.17. The summed E-state index contributed by atoms with van der Waals surface area (Å²) in [5, 5.41) is 6.41. The SMILES string of the molecule is Cn1cc(C(N)C(=O)Nc2c(Cl)cc(F)cc2Cl)cn1. The number of halogens is 3. The van der Waals surface area contributed by atoms with Crippen LogP contribution in [0.5, 0.6) is 0 Å². The van der Waals surface area contributed by atoms with Crippen LogP contribution < -0.4 is 11.1 Å². The molecule has 0 aliphatic rings. The molecule has 1 unspecified atom stereocenters. The summed E-state index contributed by atoms with van der Waals surface area (Å²) >= 11 is 11.7. The van der Waals surface area contributed by atoms with E-state index in [0.29, 0.717) is 5.56 Å². The quantitative estimate of drug-likeness (QED) is 0.913. The van der Waals surface area contributed by atoms with Crippen LogP contribution in [0.4, 0.5) is 10.1 Å². The molecule has 2 rings (SSSR count). The number of nitrogens with one attached hydrogen (secondary N) is 1. The van der Waals surface area contributed by atoms with Crippen molar-refractivity contribution in [2.45, 2.75) is 6.04 Å². The molecule has 1 atom stereocenters. The number of nitrogens with zero attached hydrogens (tertiary/aromatic N) is 2. The molecule has 20 heavy (non-hydrogen) atoms. The Morgan fingerprint density at radius 3 is 2.55 bits per heavy atom. The largest absolute Gasteiger partial charge is 0.322 e. The van der Waals surface area contributed by atoms with Gasteiger partial charge in [-0.25, -0.2) is 4.39 Å². The number of carbonyl (C=O) groups is 1. The first kappa shape index (κ1) is 14.8. The van der Waals surface area contributed by atoms with Crippen molar-refractivity contribution in [2.24, 2.45) is 12.8 Å². The Bertz CT molecular complexity index is 636. The third-order valence-corrected chi connectivity index (χ3v) is 3.22.